The standard InChI is InChI=1S/C31H35F2N3O4/c1-2-19-4-3-5-21(10-19)16-35-17-29(38)27(13-22-11-24(32)15-25(33)12-22)36(18-20-6-7-20)31(40)23-8-9-28(37)26(14-23)30(34)39/h3-5,8-12,14-15,20,27,29,35,37-38H,2,6-7,13,16-18H2,1H3,(H2,34,39)/t27-,29+/m0/s1. The van der Waals surface area contributed by atoms with Gasteiger partial charge in [0.05, 0.1) is 17.7 Å². The van der Waals surface area contributed by atoms with Gasteiger partial charge in [0.15, 0.2) is 0 Å². The molecule has 2 amide bonds. The molecular formula is C31H35F2N3O4. The van der Waals surface area contributed by atoms with E-state index in [0.29, 0.717) is 18.7 Å². The summed E-state index contributed by atoms with van der Waals surface area (Å²) in [6.07, 6.45) is 1.64. The molecule has 3 aromatic carbocycles. The Labute approximate surface area is 232 Å². The van der Waals surface area contributed by atoms with Gasteiger partial charge in [0, 0.05) is 31.3 Å². The van der Waals surface area contributed by atoms with Gasteiger partial charge in [0.2, 0.25) is 0 Å². The summed E-state index contributed by atoms with van der Waals surface area (Å²) in [6.45, 7) is 3.00. The van der Waals surface area contributed by atoms with Crippen LogP contribution in [0.25, 0.3) is 0 Å². The molecule has 0 heterocycles. The lowest BCUT2D eigenvalue weighted by Gasteiger charge is -2.36. The number of carbonyl (C=O) groups is 2. The van der Waals surface area contributed by atoms with Crippen molar-refractivity contribution in [1.29, 1.82) is 0 Å². The van der Waals surface area contributed by atoms with Crippen LogP contribution in [0.4, 0.5) is 8.78 Å². The number of amides is 2. The van der Waals surface area contributed by atoms with Gasteiger partial charge in [-0.05, 0) is 78.6 Å². The Morgan fingerprint density at radius 1 is 1.02 bits per heavy atom. The second-order valence-corrected chi connectivity index (χ2v) is 10.4. The van der Waals surface area contributed by atoms with Gasteiger partial charge in [0.25, 0.3) is 11.8 Å². The van der Waals surface area contributed by atoms with Crippen molar-refractivity contribution in [2.24, 2.45) is 11.7 Å². The molecule has 1 aliphatic carbocycles. The van der Waals surface area contributed by atoms with Gasteiger partial charge in [-0.3, -0.25) is 9.59 Å². The van der Waals surface area contributed by atoms with Crippen LogP contribution in [0.3, 0.4) is 0 Å². The smallest absolute Gasteiger partial charge is 0.254 e. The highest BCUT2D eigenvalue weighted by Gasteiger charge is 2.35. The van der Waals surface area contributed by atoms with E-state index in [1.54, 1.807) is 0 Å². The minimum absolute atomic E-state index is 0.00205. The van der Waals surface area contributed by atoms with Crippen molar-refractivity contribution in [2.75, 3.05) is 13.1 Å². The molecule has 0 spiro atoms. The van der Waals surface area contributed by atoms with Gasteiger partial charge < -0.3 is 26.2 Å². The van der Waals surface area contributed by atoms with E-state index < -0.39 is 35.6 Å². The monoisotopic (exact) mass is 551 g/mol. The van der Waals surface area contributed by atoms with E-state index in [0.717, 1.165) is 30.9 Å². The summed E-state index contributed by atoms with van der Waals surface area (Å²) in [4.78, 5) is 27.2. The second-order valence-electron chi connectivity index (χ2n) is 10.4. The summed E-state index contributed by atoms with van der Waals surface area (Å²) in [5, 5.41) is 24.7. The van der Waals surface area contributed by atoms with Crippen molar-refractivity contribution in [2.45, 2.75) is 51.3 Å². The zero-order valence-electron chi connectivity index (χ0n) is 22.4. The van der Waals surface area contributed by atoms with E-state index in [1.807, 2.05) is 18.2 Å². The number of nitrogens with one attached hydrogen (secondary N) is 1. The number of hydrogen-bond donors (Lipinski definition) is 4. The van der Waals surface area contributed by atoms with Gasteiger partial charge in [-0.15, -0.1) is 0 Å². The van der Waals surface area contributed by atoms with Crippen LogP contribution in [0.15, 0.2) is 60.7 Å². The quantitative estimate of drug-likeness (QED) is 0.257. The summed E-state index contributed by atoms with van der Waals surface area (Å²) in [7, 11) is 0. The van der Waals surface area contributed by atoms with E-state index in [-0.39, 0.29) is 35.8 Å². The third-order valence-corrected chi connectivity index (χ3v) is 7.22. The number of primary amides is 1. The summed E-state index contributed by atoms with van der Waals surface area (Å²) in [5.41, 5.74) is 7.82. The largest absolute Gasteiger partial charge is 0.507 e. The first-order valence-corrected chi connectivity index (χ1v) is 13.5. The molecule has 0 unspecified atom stereocenters. The van der Waals surface area contributed by atoms with Crippen molar-refractivity contribution >= 4 is 11.8 Å². The van der Waals surface area contributed by atoms with E-state index in [1.165, 1.54) is 40.8 Å². The highest BCUT2D eigenvalue weighted by Crippen LogP contribution is 2.32. The Morgan fingerprint density at radius 3 is 2.38 bits per heavy atom. The molecule has 0 bridgehead atoms. The Hall–Kier alpha value is -3.82. The number of aliphatic hydroxyl groups excluding tert-OH is 1. The van der Waals surface area contributed by atoms with Crippen LogP contribution >= 0.6 is 0 Å². The zero-order valence-corrected chi connectivity index (χ0v) is 22.4. The molecule has 7 nitrogen and oxygen atoms in total. The molecule has 2 atom stereocenters. The maximum absolute atomic E-state index is 14.1. The first-order valence-electron chi connectivity index (χ1n) is 13.5. The number of benzene rings is 3. The van der Waals surface area contributed by atoms with E-state index in [2.05, 4.69) is 18.3 Å². The highest BCUT2D eigenvalue weighted by molar-refractivity contribution is 6.01. The lowest BCUT2D eigenvalue weighted by atomic mass is 9.97. The molecule has 3 aromatic rings. The number of aromatic hydroxyl groups is 1. The normalized spacial score (nSPS) is 14.5. The number of carbonyl (C=O) groups excluding carboxylic acids is 2. The maximum Gasteiger partial charge on any atom is 0.254 e. The summed E-state index contributed by atoms with van der Waals surface area (Å²) >= 11 is 0. The molecule has 1 fully saturated rings. The molecule has 0 saturated heterocycles. The Bertz CT molecular complexity index is 1340. The number of aliphatic hydroxyl groups is 1. The lowest BCUT2D eigenvalue weighted by molar-refractivity contribution is 0.0337. The first-order chi connectivity index (χ1) is 19.1. The maximum atomic E-state index is 14.1. The number of hydrogen-bond acceptors (Lipinski definition) is 5. The third-order valence-electron chi connectivity index (χ3n) is 7.22. The number of rotatable bonds is 13. The molecule has 5 N–H and O–H groups in total. The van der Waals surface area contributed by atoms with E-state index in [9.17, 15) is 28.6 Å². The minimum atomic E-state index is -1.09. The molecule has 1 aliphatic rings. The molecule has 0 aromatic heterocycles. The molecule has 4 rings (SSSR count). The molecule has 0 radical (unpaired) electrons. The third kappa shape index (κ3) is 7.64. The van der Waals surface area contributed by atoms with Crippen LogP contribution in [-0.2, 0) is 19.4 Å². The van der Waals surface area contributed by atoms with E-state index >= 15 is 0 Å². The number of halogens is 2. The Kier molecular flexibility index (Phi) is 9.50. The number of nitrogens with two attached hydrogens (primary N) is 1. The van der Waals surface area contributed by atoms with Crippen LogP contribution < -0.4 is 11.1 Å². The second kappa shape index (κ2) is 13.0. The summed E-state index contributed by atoms with van der Waals surface area (Å²) in [6, 6.07) is 14.2. The zero-order chi connectivity index (χ0) is 28.8. The Morgan fingerprint density at radius 2 is 1.73 bits per heavy atom. The molecule has 40 heavy (non-hydrogen) atoms. The molecular weight excluding hydrogens is 516 g/mol. The number of phenols is 1. The summed E-state index contributed by atoms with van der Waals surface area (Å²) < 4.78 is 28.1. The average Bonchev–Trinajstić information content (AvgIpc) is 3.74. The van der Waals surface area contributed by atoms with Gasteiger partial charge >= 0.3 is 0 Å². The average molecular weight is 552 g/mol. The van der Waals surface area contributed by atoms with Gasteiger partial charge in [-0.2, -0.15) is 0 Å². The fourth-order valence-electron chi connectivity index (χ4n) is 4.86. The van der Waals surface area contributed by atoms with Gasteiger partial charge in [0.1, 0.15) is 17.4 Å². The van der Waals surface area contributed by atoms with Crippen molar-refractivity contribution in [3.8, 4) is 5.75 Å². The topological polar surface area (TPSA) is 116 Å². The van der Waals surface area contributed by atoms with Crippen LogP contribution in [0, 0.1) is 17.6 Å². The predicted molar refractivity (Wildman–Crippen MR) is 148 cm³/mol. The van der Waals surface area contributed by atoms with Crippen LogP contribution in [0.2, 0.25) is 0 Å². The summed E-state index contributed by atoms with van der Waals surface area (Å²) in [5.74, 6) is -2.99. The first kappa shape index (κ1) is 29.2. The number of nitrogens with zero attached hydrogens (tertiary/aromatic N) is 1. The van der Waals surface area contributed by atoms with Crippen molar-refractivity contribution in [3.05, 3.63) is 100 Å². The van der Waals surface area contributed by atoms with Crippen LogP contribution in [0.5, 0.6) is 5.75 Å². The minimum Gasteiger partial charge on any atom is -0.507 e. The molecule has 212 valence electrons. The van der Waals surface area contributed by atoms with Crippen LogP contribution in [-0.4, -0.2) is 52.2 Å². The molecule has 1 saturated carbocycles. The Balaban J connectivity index is 1.62. The van der Waals surface area contributed by atoms with Crippen molar-refractivity contribution in [3.63, 3.8) is 0 Å². The number of aryl methyl sites for hydroxylation is 1. The van der Waals surface area contributed by atoms with Gasteiger partial charge in [-0.25, -0.2) is 8.78 Å². The fourth-order valence-corrected chi connectivity index (χ4v) is 4.86. The van der Waals surface area contributed by atoms with Gasteiger partial charge in [-0.1, -0.05) is 31.2 Å². The molecule has 0 aliphatic heterocycles. The lowest BCUT2D eigenvalue weighted by Crippen LogP contribution is -2.52. The van der Waals surface area contributed by atoms with Crippen molar-refractivity contribution < 1.29 is 28.6 Å². The SMILES string of the molecule is CCc1cccc(CNC[C@@H](O)[C@H](Cc2cc(F)cc(F)c2)N(CC2CC2)C(=O)c2ccc(O)c(C(N)=O)c2)c1. The fraction of sp³-hybridized carbons (Fsp3) is 0.355. The van der Waals surface area contributed by atoms with Crippen LogP contribution in [0.1, 0.15) is 57.2 Å². The van der Waals surface area contributed by atoms with Crippen molar-refractivity contribution in [1.82, 2.24) is 10.2 Å². The molecule has 9 heteroatoms. The highest BCUT2D eigenvalue weighted by atomic mass is 19.1. The van der Waals surface area contributed by atoms with E-state index in [4.69, 9.17) is 5.73 Å². The predicted octanol–water partition coefficient (Wildman–Crippen LogP) is 3.95.